The van der Waals surface area contributed by atoms with Gasteiger partial charge in [0.05, 0.1) is 17.8 Å². The van der Waals surface area contributed by atoms with E-state index in [1.807, 2.05) is 12.1 Å². The molecule has 1 aromatic carbocycles. The molecule has 0 saturated heterocycles. The molecule has 0 aliphatic heterocycles. The van der Waals surface area contributed by atoms with Crippen LogP contribution in [-0.4, -0.2) is 42.3 Å². The van der Waals surface area contributed by atoms with Crippen LogP contribution in [-0.2, 0) is 20.4 Å². The molecule has 27 heavy (non-hydrogen) atoms. The predicted octanol–water partition coefficient (Wildman–Crippen LogP) is 2.80. The van der Waals surface area contributed by atoms with E-state index in [1.165, 1.54) is 11.3 Å². The van der Waals surface area contributed by atoms with Crippen molar-refractivity contribution in [1.82, 2.24) is 10.3 Å². The SMILES string of the molecule is O=C(CS(=O)(=O)Cc1nc(-c2ccc(Cl)cc2)cs1)NC1(CO)CCCC1. The molecular formula is C18H21ClN2O4S2. The molecule has 1 fully saturated rings. The van der Waals surface area contributed by atoms with Crippen LogP contribution >= 0.6 is 22.9 Å². The molecule has 1 aliphatic rings. The number of aliphatic hydroxyl groups is 1. The number of carbonyl (C=O) groups is 1. The fraction of sp³-hybridized carbons (Fsp3) is 0.444. The third-order valence-corrected chi connectivity index (χ3v) is 7.35. The summed E-state index contributed by atoms with van der Waals surface area (Å²) in [4.78, 5) is 16.6. The number of hydrogen-bond acceptors (Lipinski definition) is 6. The molecule has 1 aliphatic carbocycles. The number of sulfone groups is 1. The van der Waals surface area contributed by atoms with Crippen LogP contribution in [0, 0.1) is 0 Å². The Morgan fingerprint density at radius 3 is 2.56 bits per heavy atom. The molecule has 146 valence electrons. The fourth-order valence-electron chi connectivity index (χ4n) is 3.28. The summed E-state index contributed by atoms with van der Waals surface area (Å²) in [5.41, 5.74) is 0.856. The van der Waals surface area contributed by atoms with E-state index < -0.39 is 27.0 Å². The van der Waals surface area contributed by atoms with Crippen molar-refractivity contribution in [3.05, 3.63) is 39.7 Å². The van der Waals surface area contributed by atoms with E-state index in [0.717, 1.165) is 18.4 Å². The molecule has 2 aromatic rings. The van der Waals surface area contributed by atoms with Crippen molar-refractivity contribution in [3.8, 4) is 11.3 Å². The molecule has 1 amide bonds. The quantitative estimate of drug-likeness (QED) is 0.706. The van der Waals surface area contributed by atoms with Gasteiger partial charge in [-0.05, 0) is 25.0 Å². The van der Waals surface area contributed by atoms with Crippen molar-refractivity contribution in [3.63, 3.8) is 0 Å². The van der Waals surface area contributed by atoms with E-state index in [4.69, 9.17) is 11.6 Å². The maximum atomic E-state index is 12.4. The highest BCUT2D eigenvalue weighted by Crippen LogP contribution is 2.29. The fourth-order valence-corrected chi connectivity index (χ4v) is 5.81. The lowest BCUT2D eigenvalue weighted by Crippen LogP contribution is -2.50. The molecule has 0 unspecified atom stereocenters. The predicted molar refractivity (Wildman–Crippen MR) is 106 cm³/mol. The first-order valence-corrected chi connectivity index (χ1v) is 11.7. The van der Waals surface area contributed by atoms with Crippen molar-refractivity contribution >= 4 is 38.7 Å². The van der Waals surface area contributed by atoms with E-state index in [1.54, 1.807) is 17.5 Å². The number of halogens is 1. The van der Waals surface area contributed by atoms with E-state index in [2.05, 4.69) is 10.3 Å². The molecule has 9 heteroatoms. The lowest BCUT2D eigenvalue weighted by atomic mass is 9.99. The highest BCUT2D eigenvalue weighted by atomic mass is 35.5. The van der Waals surface area contributed by atoms with E-state index in [-0.39, 0.29) is 12.4 Å². The summed E-state index contributed by atoms with van der Waals surface area (Å²) >= 11 is 7.11. The first kappa shape index (κ1) is 20.3. The summed E-state index contributed by atoms with van der Waals surface area (Å²) in [7, 11) is -3.65. The first-order valence-electron chi connectivity index (χ1n) is 8.63. The Labute approximate surface area is 167 Å². The Hall–Kier alpha value is -1.48. The average molecular weight is 429 g/mol. The molecule has 1 saturated carbocycles. The van der Waals surface area contributed by atoms with Gasteiger partial charge in [-0.25, -0.2) is 13.4 Å². The molecule has 1 aromatic heterocycles. The zero-order chi connectivity index (χ0) is 19.5. The number of carbonyl (C=O) groups excluding carboxylic acids is 1. The van der Waals surface area contributed by atoms with E-state index in [0.29, 0.717) is 28.6 Å². The number of nitrogens with one attached hydrogen (secondary N) is 1. The molecule has 1 heterocycles. The van der Waals surface area contributed by atoms with Crippen LogP contribution in [0.3, 0.4) is 0 Å². The summed E-state index contributed by atoms with van der Waals surface area (Å²) in [6, 6.07) is 7.13. The van der Waals surface area contributed by atoms with Gasteiger partial charge in [-0.1, -0.05) is 36.6 Å². The molecule has 0 bridgehead atoms. The molecule has 2 N–H and O–H groups in total. The van der Waals surface area contributed by atoms with Gasteiger partial charge in [0.1, 0.15) is 16.5 Å². The third kappa shape index (κ3) is 5.28. The average Bonchev–Trinajstić information content (AvgIpc) is 3.24. The second kappa shape index (κ2) is 8.26. The highest BCUT2D eigenvalue weighted by molar-refractivity contribution is 7.91. The van der Waals surface area contributed by atoms with Gasteiger partial charge in [0, 0.05) is 16.0 Å². The largest absolute Gasteiger partial charge is 0.394 e. The molecule has 6 nitrogen and oxygen atoms in total. The Morgan fingerprint density at radius 1 is 1.26 bits per heavy atom. The summed E-state index contributed by atoms with van der Waals surface area (Å²) in [6.07, 6.45) is 3.18. The topological polar surface area (TPSA) is 96.4 Å². The minimum absolute atomic E-state index is 0.171. The van der Waals surface area contributed by atoms with E-state index >= 15 is 0 Å². The van der Waals surface area contributed by atoms with Crippen molar-refractivity contribution in [2.24, 2.45) is 0 Å². The number of thiazole rings is 1. The van der Waals surface area contributed by atoms with Crippen LogP contribution in [0.15, 0.2) is 29.6 Å². The smallest absolute Gasteiger partial charge is 0.235 e. The van der Waals surface area contributed by atoms with Crippen LogP contribution in [0.1, 0.15) is 30.7 Å². The van der Waals surface area contributed by atoms with Gasteiger partial charge in [0.2, 0.25) is 5.91 Å². The summed E-state index contributed by atoms with van der Waals surface area (Å²) in [6.45, 7) is -0.171. The Morgan fingerprint density at radius 2 is 1.93 bits per heavy atom. The third-order valence-electron chi connectivity index (χ3n) is 4.65. The second-order valence-corrected chi connectivity index (χ2v) is 10.3. The number of benzene rings is 1. The van der Waals surface area contributed by atoms with Crippen LogP contribution < -0.4 is 5.32 Å². The van der Waals surface area contributed by atoms with Gasteiger partial charge >= 0.3 is 0 Å². The van der Waals surface area contributed by atoms with Gasteiger partial charge in [0.25, 0.3) is 0 Å². The van der Waals surface area contributed by atoms with Gasteiger partial charge in [-0.15, -0.1) is 11.3 Å². The number of amides is 1. The maximum absolute atomic E-state index is 12.4. The number of aromatic nitrogens is 1. The molecule has 0 atom stereocenters. The Kier molecular flexibility index (Phi) is 6.20. The van der Waals surface area contributed by atoms with Crippen LogP contribution in [0.2, 0.25) is 5.02 Å². The van der Waals surface area contributed by atoms with Gasteiger partial charge < -0.3 is 10.4 Å². The molecular weight excluding hydrogens is 408 g/mol. The van der Waals surface area contributed by atoms with Gasteiger partial charge in [-0.2, -0.15) is 0 Å². The minimum Gasteiger partial charge on any atom is -0.394 e. The monoisotopic (exact) mass is 428 g/mol. The number of rotatable bonds is 7. The van der Waals surface area contributed by atoms with Crippen molar-refractivity contribution in [2.75, 3.05) is 12.4 Å². The first-order chi connectivity index (χ1) is 12.8. The van der Waals surface area contributed by atoms with Crippen molar-refractivity contribution in [2.45, 2.75) is 37.0 Å². The number of nitrogens with zero attached hydrogens (tertiary/aromatic N) is 1. The zero-order valence-electron chi connectivity index (χ0n) is 14.7. The summed E-state index contributed by atoms with van der Waals surface area (Å²) in [5, 5.41) is 15.1. The summed E-state index contributed by atoms with van der Waals surface area (Å²) < 4.78 is 24.8. The number of aliphatic hydroxyl groups excluding tert-OH is 1. The van der Waals surface area contributed by atoms with E-state index in [9.17, 15) is 18.3 Å². The Bertz CT molecular complexity index is 904. The second-order valence-electron chi connectivity index (χ2n) is 6.86. The van der Waals surface area contributed by atoms with Crippen LogP contribution in [0.5, 0.6) is 0 Å². The van der Waals surface area contributed by atoms with Crippen molar-refractivity contribution < 1.29 is 18.3 Å². The zero-order valence-corrected chi connectivity index (χ0v) is 17.0. The van der Waals surface area contributed by atoms with Gasteiger partial charge in [-0.3, -0.25) is 4.79 Å². The lowest BCUT2D eigenvalue weighted by Gasteiger charge is -2.27. The van der Waals surface area contributed by atoms with Crippen LogP contribution in [0.25, 0.3) is 11.3 Å². The molecule has 0 radical (unpaired) electrons. The van der Waals surface area contributed by atoms with Crippen LogP contribution in [0.4, 0.5) is 0 Å². The lowest BCUT2D eigenvalue weighted by molar-refractivity contribution is -0.121. The Balaban J connectivity index is 1.62. The van der Waals surface area contributed by atoms with Gasteiger partial charge in [0.15, 0.2) is 9.84 Å². The molecule has 0 spiro atoms. The standard InChI is InChI=1S/C18H21ClN2O4S2/c19-14-5-3-13(4-6-14)15-9-26-17(20-15)11-27(24,25)10-16(23)21-18(12-22)7-1-2-8-18/h3-6,9,22H,1-2,7-8,10-12H2,(H,21,23). The maximum Gasteiger partial charge on any atom is 0.235 e. The van der Waals surface area contributed by atoms with Crippen molar-refractivity contribution in [1.29, 1.82) is 0 Å². The normalized spacial score (nSPS) is 16.4. The highest BCUT2D eigenvalue weighted by Gasteiger charge is 2.35. The molecule has 3 rings (SSSR count). The minimum atomic E-state index is -3.65. The number of hydrogen-bond donors (Lipinski definition) is 2. The summed E-state index contributed by atoms with van der Waals surface area (Å²) in [5.74, 6) is -1.46.